The fourth-order valence-corrected chi connectivity index (χ4v) is 3.24. The summed E-state index contributed by atoms with van der Waals surface area (Å²) in [4.78, 5) is 20.4. The first-order valence-corrected chi connectivity index (χ1v) is 8.05. The lowest BCUT2D eigenvalue weighted by atomic mass is 10.2. The number of halogens is 1. The number of aromatic amines is 1. The molecular formula is C15H16ClN7O. The molecule has 1 N–H and O–H groups in total. The van der Waals surface area contributed by atoms with Crippen LogP contribution in [0.15, 0.2) is 29.5 Å². The summed E-state index contributed by atoms with van der Waals surface area (Å²) >= 11 is 6.10. The molecule has 0 aromatic carbocycles. The van der Waals surface area contributed by atoms with Gasteiger partial charge in [-0.1, -0.05) is 11.6 Å². The molecule has 0 amide bonds. The summed E-state index contributed by atoms with van der Waals surface area (Å²) < 4.78 is 1.85. The Morgan fingerprint density at radius 2 is 1.96 bits per heavy atom. The van der Waals surface area contributed by atoms with Crippen molar-refractivity contribution < 1.29 is 0 Å². The van der Waals surface area contributed by atoms with Gasteiger partial charge < -0.3 is 9.80 Å². The molecule has 0 saturated carbocycles. The number of H-pyrrole nitrogens is 1. The van der Waals surface area contributed by atoms with Gasteiger partial charge in [-0.15, -0.1) is 0 Å². The molecule has 0 aliphatic carbocycles. The van der Waals surface area contributed by atoms with Crippen molar-refractivity contribution in [2.24, 2.45) is 0 Å². The first kappa shape index (κ1) is 14.9. The summed E-state index contributed by atoms with van der Waals surface area (Å²) in [6, 6.07) is 2.03. The van der Waals surface area contributed by atoms with Crippen LogP contribution in [0.5, 0.6) is 0 Å². The van der Waals surface area contributed by atoms with Crippen LogP contribution in [0.3, 0.4) is 0 Å². The highest BCUT2D eigenvalue weighted by Gasteiger charge is 2.22. The number of rotatable bonds is 2. The average molecular weight is 346 g/mol. The Balaban J connectivity index is 1.57. The highest BCUT2D eigenvalue weighted by Crippen LogP contribution is 2.25. The fraction of sp³-hybridized carbons (Fsp3) is 0.333. The molecule has 1 saturated heterocycles. The number of fused-ring (bicyclic) bond motifs is 1. The lowest BCUT2D eigenvalue weighted by Gasteiger charge is -2.36. The van der Waals surface area contributed by atoms with Crippen LogP contribution in [-0.4, -0.2) is 51.0 Å². The molecule has 0 bridgehead atoms. The van der Waals surface area contributed by atoms with Gasteiger partial charge in [-0.3, -0.25) is 4.79 Å². The third-order valence-electron chi connectivity index (χ3n) is 4.19. The minimum Gasteiger partial charge on any atom is -0.365 e. The second-order valence-corrected chi connectivity index (χ2v) is 6.12. The van der Waals surface area contributed by atoms with Gasteiger partial charge in [0.05, 0.1) is 17.6 Å². The molecule has 24 heavy (non-hydrogen) atoms. The topological polar surface area (TPSA) is 82.4 Å². The maximum absolute atomic E-state index is 11.6. The molecule has 1 aliphatic rings. The van der Waals surface area contributed by atoms with E-state index >= 15 is 0 Å². The Bertz CT molecular complexity index is 942. The number of hydrogen-bond donors (Lipinski definition) is 1. The molecule has 9 heteroatoms. The van der Waals surface area contributed by atoms with E-state index in [2.05, 4.69) is 30.1 Å². The normalized spacial score (nSPS) is 15.2. The summed E-state index contributed by atoms with van der Waals surface area (Å²) in [6.07, 6.45) is 5.21. The number of nitrogens with zero attached hydrogens (tertiary/aromatic N) is 6. The first-order valence-electron chi connectivity index (χ1n) is 7.67. The molecule has 0 unspecified atom stereocenters. The van der Waals surface area contributed by atoms with Crippen molar-refractivity contribution in [2.45, 2.75) is 6.92 Å². The molecular weight excluding hydrogens is 330 g/mol. The summed E-state index contributed by atoms with van der Waals surface area (Å²) in [5.74, 6) is 0.924. The van der Waals surface area contributed by atoms with Crippen LogP contribution in [-0.2, 0) is 0 Å². The van der Waals surface area contributed by atoms with Gasteiger partial charge in [0.15, 0.2) is 5.82 Å². The lowest BCUT2D eigenvalue weighted by Crippen LogP contribution is -2.47. The Morgan fingerprint density at radius 3 is 2.75 bits per heavy atom. The number of aromatic nitrogens is 5. The largest absolute Gasteiger partial charge is 0.365 e. The van der Waals surface area contributed by atoms with E-state index in [-0.39, 0.29) is 10.6 Å². The molecule has 0 atom stereocenters. The molecule has 3 aromatic heterocycles. The average Bonchev–Trinajstić information content (AvgIpc) is 2.98. The van der Waals surface area contributed by atoms with Crippen molar-refractivity contribution in [2.75, 3.05) is 36.0 Å². The van der Waals surface area contributed by atoms with Gasteiger partial charge in [-0.05, 0) is 13.0 Å². The van der Waals surface area contributed by atoms with Crippen molar-refractivity contribution >= 4 is 28.6 Å². The Kier molecular flexibility index (Phi) is 3.61. The zero-order chi connectivity index (χ0) is 16.7. The maximum Gasteiger partial charge on any atom is 0.285 e. The minimum absolute atomic E-state index is 0.185. The van der Waals surface area contributed by atoms with Crippen LogP contribution >= 0.6 is 11.6 Å². The minimum atomic E-state index is -0.363. The van der Waals surface area contributed by atoms with Crippen molar-refractivity contribution in [3.05, 3.63) is 45.7 Å². The number of piperazine rings is 1. The smallest absolute Gasteiger partial charge is 0.285 e. The molecule has 1 aliphatic heterocycles. The Hall–Kier alpha value is -2.61. The van der Waals surface area contributed by atoms with Gasteiger partial charge in [-0.25, -0.2) is 14.6 Å². The van der Waals surface area contributed by atoms with Crippen molar-refractivity contribution in [3.8, 4) is 0 Å². The van der Waals surface area contributed by atoms with E-state index in [1.54, 1.807) is 12.4 Å². The van der Waals surface area contributed by atoms with Crippen LogP contribution in [0, 0.1) is 6.92 Å². The van der Waals surface area contributed by atoms with E-state index in [0.717, 1.165) is 43.2 Å². The summed E-state index contributed by atoms with van der Waals surface area (Å²) in [5, 5.41) is 10.8. The maximum atomic E-state index is 11.6. The molecule has 1 fully saturated rings. The number of anilines is 2. The number of aryl methyl sites for hydroxylation is 1. The fourth-order valence-electron chi connectivity index (χ4n) is 3.03. The van der Waals surface area contributed by atoms with Gasteiger partial charge >= 0.3 is 0 Å². The summed E-state index contributed by atoms with van der Waals surface area (Å²) in [7, 11) is 0. The first-order chi connectivity index (χ1) is 11.6. The molecule has 4 rings (SSSR count). The third kappa shape index (κ3) is 2.48. The summed E-state index contributed by atoms with van der Waals surface area (Å²) in [5.41, 5.74) is 2.27. The van der Waals surface area contributed by atoms with Crippen LogP contribution in [0.25, 0.3) is 5.52 Å². The molecule has 124 valence electrons. The number of nitrogens with one attached hydrogen (secondary N) is 1. The van der Waals surface area contributed by atoms with Crippen molar-refractivity contribution in [1.82, 2.24) is 24.8 Å². The van der Waals surface area contributed by atoms with Crippen LogP contribution in [0.4, 0.5) is 11.5 Å². The Morgan fingerprint density at radius 1 is 1.21 bits per heavy atom. The van der Waals surface area contributed by atoms with Gasteiger partial charge in [0, 0.05) is 38.6 Å². The van der Waals surface area contributed by atoms with Crippen molar-refractivity contribution in [1.29, 1.82) is 0 Å². The van der Waals surface area contributed by atoms with Gasteiger partial charge in [0.2, 0.25) is 0 Å². The predicted molar refractivity (Wildman–Crippen MR) is 92.0 cm³/mol. The van der Waals surface area contributed by atoms with Gasteiger partial charge in [0.25, 0.3) is 5.56 Å². The zero-order valence-corrected chi connectivity index (χ0v) is 13.9. The van der Waals surface area contributed by atoms with Crippen LogP contribution in [0.2, 0.25) is 5.02 Å². The molecule has 0 spiro atoms. The van der Waals surface area contributed by atoms with Gasteiger partial charge in [0.1, 0.15) is 10.5 Å². The van der Waals surface area contributed by atoms with E-state index in [0.29, 0.717) is 5.69 Å². The summed E-state index contributed by atoms with van der Waals surface area (Å²) in [6.45, 7) is 5.00. The number of hydrogen-bond acceptors (Lipinski definition) is 6. The molecule has 3 aromatic rings. The van der Waals surface area contributed by atoms with Crippen LogP contribution < -0.4 is 15.4 Å². The predicted octanol–water partition coefficient (Wildman–Crippen LogP) is 1.10. The zero-order valence-electron chi connectivity index (χ0n) is 13.1. The lowest BCUT2D eigenvalue weighted by molar-refractivity contribution is 0.645. The van der Waals surface area contributed by atoms with Crippen LogP contribution in [0.1, 0.15) is 5.69 Å². The second kappa shape index (κ2) is 5.79. The second-order valence-electron chi connectivity index (χ2n) is 5.74. The Labute approximate surface area is 142 Å². The monoisotopic (exact) mass is 345 g/mol. The highest BCUT2D eigenvalue weighted by molar-refractivity contribution is 6.33. The molecule has 4 heterocycles. The quantitative estimate of drug-likeness (QED) is 0.749. The van der Waals surface area contributed by atoms with Crippen molar-refractivity contribution in [3.63, 3.8) is 0 Å². The molecule has 0 radical (unpaired) electrons. The highest BCUT2D eigenvalue weighted by atomic mass is 35.5. The SMILES string of the molecule is Cc1cc2c(N3CCN(c4cn[nH]c(=O)c4Cl)CC3)nccn2n1. The van der Waals surface area contributed by atoms with Gasteiger partial charge in [-0.2, -0.15) is 10.2 Å². The molecule has 8 nitrogen and oxygen atoms in total. The van der Waals surface area contributed by atoms with E-state index in [1.807, 2.05) is 23.7 Å². The van der Waals surface area contributed by atoms with E-state index in [1.165, 1.54) is 0 Å². The standard InChI is InChI=1S/C15H16ClN7O/c1-10-8-11-14(17-2-3-23(11)20-10)22-6-4-21(5-7-22)12-9-18-19-15(24)13(12)16/h2-3,8-9H,4-7H2,1H3,(H,19,24). The third-order valence-corrected chi connectivity index (χ3v) is 4.55. The van der Waals surface area contributed by atoms with E-state index < -0.39 is 0 Å². The van der Waals surface area contributed by atoms with E-state index in [9.17, 15) is 4.79 Å². The van der Waals surface area contributed by atoms with E-state index in [4.69, 9.17) is 11.6 Å².